The topological polar surface area (TPSA) is 54.0 Å². The molecule has 2 aromatic rings. The highest BCUT2D eigenvalue weighted by Gasteiger charge is 2.10. The van der Waals surface area contributed by atoms with E-state index in [1.807, 2.05) is 18.2 Å². The Morgan fingerprint density at radius 1 is 0.920 bits per heavy atom. The van der Waals surface area contributed by atoms with Gasteiger partial charge in [0.1, 0.15) is 34.6 Å². The van der Waals surface area contributed by atoms with E-state index in [2.05, 4.69) is 11.8 Å². The number of esters is 1. The average Bonchev–Trinajstić information content (AvgIpc) is 2.68. The first-order chi connectivity index (χ1) is 12.2. The fourth-order valence-electron chi connectivity index (χ4n) is 1.97. The van der Waals surface area contributed by atoms with Crippen molar-refractivity contribution in [1.29, 1.82) is 0 Å². The molecule has 2 rings (SSSR count). The molecule has 0 aliphatic rings. The van der Waals surface area contributed by atoms with Crippen LogP contribution < -0.4 is 14.2 Å². The number of hydrogen-bond donors (Lipinski definition) is 0. The standard InChI is InChI=1S/C20H18O5/c1-22-18-10-7-11-19(23-2)17(18)13-12-15(20(21)24-3)14-25-16-8-5-4-6-9-16/h4-11,14H,1-3H3. The summed E-state index contributed by atoms with van der Waals surface area (Å²) >= 11 is 0. The van der Waals surface area contributed by atoms with E-state index in [4.69, 9.17) is 18.9 Å². The maximum atomic E-state index is 11.9. The molecule has 25 heavy (non-hydrogen) atoms. The summed E-state index contributed by atoms with van der Waals surface area (Å²) < 4.78 is 20.8. The molecule has 5 nitrogen and oxygen atoms in total. The second-order valence-electron chi connectivity index (χ2n) is 4.74. The number of para-hydroxylation sites is 1. The van der Waals surface area contributed by atoms with E-state index < -0.39 is 5.97 Å². The van der Waals surface area contributed by atoms with Gasteiger partial charge in [0.25, 0.3) is 0 Å². The van der Waals surface area contributed by atoms with Crippen LogP contribution in [0.25, 0.3) is 0 Å². The molecule has 0 amide bonds. The van der Waals surface area contributed by atoms with Crippen LogP contribution in [0.1, 0.15) is 5.56 Å². The first kappa shape index (κ1) is 18.0. The zero-order chi connectivity index (χ0) is 18.1. The molecule has 0 atom stereocenters. The van der Waals surface area contributed by atoms with Crippen molar-refractivity contribution in [2.45, 2.75) is 0 Å². The summed E-state index contributed by atoms with van der Waals surface area (Å²) in [5.74, 6) is 6.71. The van der Waals surface area contributed by atoms with E-state index in [0.29, 0.717) is 22.8 Å². The first-order valence-corrected chi connectivity index (χ1v) is 7.42. The van der Waals surface area contributed by atoms with E-state index >= 15 is 0 Å². The molecular formula is C20H18O5. The zero-order valence-corrected chi connectivity index (χ0v) is 14.2. The predicted octanol–water partition coefficient (Wildman–Crippen LogP) is 3.19. The highest BCUT2D eigenvalue weighted by atomic mass is 16.5. The lowest BCUT2D eigenvalue weighted by Crippen LogP contribution is -2.04. The van der Waals surface area contributed by atoms with Gasteiger partial charge >= 0.3 is 5.97 Å². The molecule has 128 valence electrons. The normalized spacial score (nSPS) is 10.3. The van der Waals surface area contributed by atoms with Crippen molar-refractivity contribution < 1.29 is 23.7 Å². The predicted molar refractivity (Wildman–Crippen MR) is 93.6 cm³/mol. The molecule has 0 bridgehead atoms. The Kier molecular flexibility index (Phi) is 6.49. The molecule has 0 saturated heterocycles. The second-order valence-corrected chi connectivity index (χ2v) is 4.74. The molecule has 0 radical (unpaired) electrons. The van der Waals surface area contributed by atoms with Gasteiger partial charge in [-0.2, -0.15) is 0 Å². The molecule has 0 N–H and O–H groups in total. The lowest BCUT2D eigenvalue weighted by Gasteiger charge is -2.07. The Balaban J connectivity index is 2.36. The summed E-state index contributed by atoms with van der Waals surface area (Å²) in [6.07, 6.45) is 1.26. The van der Waals surface area contributed by atoms with Crippen molar-refractivity contribution >= 4 is 5.97 Å². The largest absolute Gasteiger partial charge is 0.495 e. The van der Waals surface area contributed by atoms with Crippen LogP contribution in [0.2, 0.25) is 0 Å². The van der Waals surface area contributed by atoms with Crippen molar-refractivity contribution in [1.82, 2.24) is 0 Å². The number of benzene rings is 2. The van der Waals surface area contributed by atoms with Crippen molar-refractivity contribution in [3.8, 4) is 29.1 Å². The van der Waals surface area contributed by atoms with E-state index in [9.17, 15) is 4.79 Å². The Hall–Kier alpha value is -3.39. The van der Waals surface area contributed by atoms with Crippen LogP contribution in [0.15, 0.2) is 60.4 Å². The number of rotatable bonds is 5. The van der Waals surface area contributed by atoms with Gasteiger partial charge in [0.05, 0.1) is 21.3 Å². The molecular weight excluding hydrogens is 320 g/mol. The molecule has 0 fully saturated rings. The number of carbonyl (C=O) groups excluding carboxylic acids is 1. The number of ether oxygens (including phenoxy) is 4. The van der Waals surface area contributed by atoms with Gasteiger partial charge in [-0.1, -0.05) is 36.1 Å². The van der Waals surface area contributed by atoms with Gasteiger partial charge in [0.15, 0.2) is 0 Å². The summed E-state index contributed by atoms with van der Waals surface area (Å²) in [5.41, 5.74) is 0.598. The van der Waals surface area contributed by atoms with Gasteiger partial charge in [-0.15, -0.1) is 0 Å². The van der Waals surface area contributed by atoms with Gasteiger partial charge < -0.3 is 18.9 Å². The molecule has 0 aliphatic heterocycles. The van der Waals surface area contributed by atoms with Gasteiger partial charge in [-0.05, 0) is 24.3 Å². The molecule has 5 heteroatoms. The van der Waals surface area contributed by atoms with Gasteiger partial charge in [-0.3, -0.25) is 0 Å². The monoisotopic (exact) mass is 338 g/mol. The summed E-state index contributed by atoms with van der Waals surface area (Å²) in [4.78, 5) is 11.9. The quantitative estimate of drug-likeness (QED) is 0.363. The molecule has 0 saturated carbocycles. The first-order valence-electron chi connectivity index (χ1n) is 7.42. The Bertz CT molecular complexity index is 791. The molecule has 0 spiro atoms. The lowest BCUT2D eigenvalue weighted by molar-refractivity contribution is -0.135. The Morgan fingerprint density at radius 3 is 2.12 bits per heavy atom. The summed E-state index contributed by atoms with van der Waals surface area (Å²) in [6, 6.07) is 14.4. The smallest absolute Gasteiger partial charge is 0.349 e. The minimum Gasteiger partial charge on any atom is -0.495 e. The van der Waals surface area contributed by atoms with E-state index in [0.717, 1.165) is 0 Å². The SMILES string of the molecule is COC(=O)C(C#Cc1c(OC)cccc1OC)=COc1ccccc1. The summed E-state index contributed by atoms with van der Waals surface area (Å²) in [5, 5.41) is 0. The van der Waals surface area contributed by atoms with Crippen molar-refractivity contribution in [2.24, 2.45) is 0 Å². The van der Waals surface area contributed by atoms with E-state index in [1.165, 1.54) is 27.6 Å². The highest BCUT2D eigenvalue weighted by molar-refractivity contribution is 5.93. The van der Waals surface area contributed by atoms with Crippen LogP contribution in [0, 0.1) is 11.8 Å². The number of methoxy groups -OCH3 is 3. The van der Waals surface area contributed by atoms with Crippen LogP contribution in [0.3, 0.4) is 0 Å². The van der Waals surface area contributed by atoms with E-state index in [1.54, 1.807) is 30.3 Å². The third-order valence-corrected chi connectivity index (χ3v) is 3.21. The lowest BCUT2D eigenvalue weighted by atomic mass is 10.1. The Morgan fingerprint density at radius 2 is 1.56 bits per heavy atom. The molecule has 0 aromatic heterocycles. The number of hydrogen-bond acceptors (Lipinski definition) is 5. The Labute approximate surface area is 146 Å². The van der Waals surface area contributed by atoms with Crippen LogP contribution in [-0.2, 0) is 9.53 Å². The van der Waals surface area contributed by atoms with Crippen LogP contribution in [0.4, 0.5) is 0 Å². The van der Waals surface area contributed by atoms with Crippen LogP contribution in [0.5, 0.6) is 17.2 Å². The fraction of sp³-hybridized carbons (Fsp3) is 0.150. The minimum atomic E-state index is -0.600. The van der Waals surface area contributed by atoms with Gasteiger partial charge in [0.2, 0.25) is 0 Å². The molecule has 0 unspecified atom stereocenters. The second kappa shape index (κ2) is 9.04. The molecule has 2 aromatic carbocycles. The maximum absolute atomic E-state index is 11.9. The van der Waals surface area contributed by atoms with Crippen molar-refractivity contribution in [3.05, 3.63) is 65.9 Å². The van der Waals surface area contributed by atoms with Crippen LogP contribution >= 0.6 is 0 Å². The zero-order valence-electron chi connectivity index (χ0n) is 14.2. The van der Waals surface area contributed by atoms with Gasteiger partial charge in [-0.25, -0.2) is 4.79 Å². The number of carbonyl (C=O) groups is 1. The molecule has 0 aliphatic carbocycles. The van der Waals surface area contributed by atoms with Crippen LogP contribution in [-0.4, -0.2) is 27.3 Å². The third kappa shape index (κ3) is 4.79. The minimum absolute atomic E-state index is 0.0688. The van der Waals surface area contributed by atoms with Crippen molar-refractivity contribution in [3.63, 3.8) is 0 Å². The summed E-state index contributed by atoms with van der Waals surface area (Å²) in [6.45, 7) is 0. The van der Waals surface area contributed by atoms with E-state index in [-0.39, 0.29) is 5.57 Å². The molecule has 0 heterocycles. The third-order valence-electron chi connectivity index (χ3n) is 3.21. The summed E-state index contributed by atoms with van der Waals surface area (Å²) in [7, 11) is 4.36. The van der Waals surface area contributed by atoms with Gasteiger partial charge in [0, 0.05) is 0 Å². The average molecular weight is 338 g/mol. The highest BCUT2D eigenvalue weighted by Crippen LogP contribution is 2.27. The van der Waals surface area contributed by atoms with Crippen molar-refractivity contribution in [2.75, 3.05) is 21.3 Å². The maximum Gasteiger partial charge on any atom is 0.349 e. The fourth-order valence-corrected chi connectivity index (χ4v) is 1.97.